The van der Waals surface area contributed by atoms with Crippen molar-refractivity contribution in [2.75, 3.05) is 5.75 Å². The average Bonchev–Trinajstić information content (AvgIpc) is 2.49. The number of nitrogens with zero attached hydrogens (tertiary/aromatic N) is 1. The largest absolute Gasteiger partial charge is 0.493 e. The van der Waals surface area contributed by atoms with Gasteiger partial charge in [0.1, 0.15) is 11.4 Å². The summed E-state index contributed by atoms with van der Waals surface area (Å²) in [6.45, 7) is 0. The number of H-pyrrole nitrogens is 1. The average molecular weight is 323 g/mol. The van der Waals surface area contributed by atoms with Gasteiger partial charge in [-0.3, -0.25) is 4.79 Å². The summed E-state index contributed by atoms with van der Waals surface area (Å²) in [6.07, 6.45) is 3.30. The van der Waals surface area contributed by atoms with Crippen molar-refractivity contribution in [1.29, 1.82) is 0 Å². The minimum absolute atomic E-state index is 0.164. The zero-order chi connectivity index (χ0) is 14.8. The Labute approximate surface area is 131 Å². The van der Waals surface area contributed by atoms with E-state index in [1.54, 1.807) is 36.0 Å². The maximum atomic E-state index is 12.3. The van der Waals surface area contributed by atoms with Crippen molar-refractivity contribution >= 4 is 23.4 Å². The highest BCUT2D eigenvalue weighted by molar-refractivity contribution is 7.99. The van der Waals surface area contributed by atoms with E-state index >= 15 is 0 Å². The highest BCUT2D eigenvalue weighted by atomic mass is 35.5. The fourth-order valence-corrected chi connectivity index (χ4v) is 3.85. The molecule has 0 saturated carbocycles. The molecule has 0 bridgehead atoms. The lowest BCUT2D eigenvalue weighted by Gasteiger charge is -2.20. The molecule has 2 N–H and O–H groups in total. The van der Waals surface area contributed by atoms with Gasteiger partial charge in [-0.15, -0.1) is 0 Å². The van der Waals surface area contributed by atoms with Crippen molar-refractivity contribution in [1.82, 2.24) is 9.97 Å². The predicted octanol–water partition coefficient (Wildman–Crippen LogP) is 3.75. The summed E-state index contributed by atoms with van der Waals surface area (Å²) >= 11 is 7.61. The van der Waals surface area contributed by atoms with Crippen molar-refractivity contribution in [3.8, 4) is 17.0 Å². The minimum atomic E-state index is -0.314. The van der Waals surface area contributed by atoms with E-state index < -0.39 is 0 Å². The standard InChI is InChI=1S/C15H15ClN2O2S/c16-10-6-4-9(5-7-10)12-14(19)17-13(18-15(12)20)11-3-1-2-8-21-11/h4-7,11H,1-3,8H2,(H2,17,18,19,20). The van der Waals surface area contributed by atoms with Crippen molar-refractivity contribution in [2.24, 2.45) is 0 Å². The van der Waals surface area contributed by atoms with Crippen LogP contribution in [0.5, 0.6) is 5.88 Å². The maximum absolute atomic E-state index is 12.3. The van der Waals surface area contributed by atoms with Gasteiger partial charge in [-0.25, -0.2) is 0 Å². The van der Waals surface area contributed by atoms with Crippen LogP contribution in [0.2, 0.25) is 5.02 Å². The van der Waals surface area contributed by atoms with Crippen molar-refractivity contribution in [3.05, 3.63) is 45.5 Å². The third-order valence-electron chi connectivity index (χ3n) is 3.54. The molecule has 0 amide bonds. The Morgan fingerprint density at radius 3 is 2.67 bits per heavy atom. The maximum Gasteiger partial charge on any atom is 0.262 e. The van der Waals surface area contributed by atoms with Crippen LogP contribution in [0.1, 0.15) is 30.3 Å². The van der Waals surface area contributed by atoms with E-state index in [1.807, 2.05) is 0 Å². The van der Waals surface area contributed by atoms with E-state index in [0.717, 1.165) is 18.6 Å². The van der Waals surface area contributed by atoms with Crippen LogP contribution in [0.25, 0.3) is 11.1 Å². The van der Waals surface area contributed by atoms with Crippen LogP contribution in [-0.2, 0) is 0 Å². The van der Waals surface area contributed by atoms with Crippen molar-refractivity contribution in [3.63, 3.8) is 0 Å². The van der Waals surface area contributed by atoms with Gasteiger partial charge in [-0.1, -0.05) is 30.2 Å². The highest BCUT2D eigenvalue weighted by Crippen LogP contribution is 2.37. The molecule has 0 radical (unpaired) electrons. The van der Waals surface area contributed by atoms with Crippen LogP contribution < -0.4 is 5.56 Å². The Balaban J connectivity index is 2.00. The topological polar surface area (TPSA) is 66.0 Å². The van der Waals surface area contributed by atoms with Crippen LogP contribution >= 0.6 is 23.4 Å². The fraction of sp³-hybridized carbons (Fsp3) is 0.333. The molecule has 4 nitrogen and oxygen atoms in total. The highest BCUT2D eigenvalue weighted by Gasteiger charge is 2.21. The molecule has 1 aromatic heterocycles. The summed E-state index contributed by atoms with van der Waals surface area (Å²) < 4.78 is 0. The van der Waals surface area contributed by atoms with E-state index in [1.165, 1.54) is 6.42 Å². The number of aromatic hydroxyl groups is 1. The number of hydrogen-bond acceptors (Lipinski definition) is 4. The Hall–Kier alpha value is -1.46. The molecule has 6 heteroatoms. The molecule has 1 aliphatic heterocycles. The van der Waals surface area contributed by atoms with Gasteiger partial charge in [0.2, 0.25) is 5.88 Å². The van der Waals surface area contributed by atoms with Gasteiger partial charge in [0.25, 0.3) is 5.56 Å². The summed E-state index contributed by atoms with van der Waals surface area (Å²) in [5, 5.41) is 10.9. The molecule has 3 rings (SSSR count). The number of halogens is 1. The molecule has 1 fully saturated rings. The number of hydrogen-bond donors (Lipinski definition) is 2. The third-order valence-corrected chi connectivity index (χ3v) is 5.17. The first-order valence-corrected chi connectivity index (χ1v) is 8.28. The molecule has 21 heavy (non-hydrogen) atoms. The van der Waals surface area contributed by atoms with Crippen LogP contribution in [0.4, 0.5) is 0 Å². The molecule has 110 valence electrons. The second kappa shape index (κ2) is 6.12. The van der Waals surface area contributed by atoms with Crippen molar-refractivity contribution in [2.45, 2.75) is 24.5 Å². The summed E-state index contributed by atoms with van der Waals surface area (Å²) in [4.78, 5) is 19.3. The summed E-state index contributed by atoms with van der Waals surface area (Å²) in [5.41, 5.74) is 0.482. The first-order chi connectivity index (χ1) is 10.1. The monoisotopic (exact) mass is 322 g/mol. The Morgan fingerprint density at radius 2 is 2.05 bits per heavy atom. The molecule has 0 spiro atoms. The summed E-state index contributed by atoms with van der Waals surface area (Å²) in [5.74, 6) is 1.41. The molecule has 2 aromatic rings. The van der Waals surface area contributed by atoms with Gasteiger partial charge in [-0.05, 0) is 36.3 Å². The Bertz CT molecular complexity index is 694. The number of thioether (sulfide) groups is 1. The van der Waals surface area contributed by atoms with Crippen molar-refractivity contribution < 1.29 is 5.11 Å². The minimum Gasteiger partial charge on any atom is -0.493 e. The molecule has 1 atom stereocenters. The van der Waals surface area contributed by atoms with E-state index in [9.17, 15) is 9.90 Å². The Kier molecular flexibility index (Phi) is 4.22. The molecule has 1 aromatic carbocycles. The van der Waals surface area contributed by atoms with Gasteiger partial charge >= 0.3 is 0 Å². The number of rotatable bonds is 2. The molecule has 2 heterocycles. The number of aromatic nitrogens is 2. The van der Waals surface area contributed by atoms with Crippen LogP contribution in [0.3, 0.4) is 0 Å². The van der Waals surface area contributed by atoms with Crippen LogP contribution in [0.15, 0.2) is 29.1 Å². The fourth-order valence-electron chi connectivity index (χ4n) is 2.46. The predicted molar refractivity (Wildman–Crippen MR) is 86.0 cm³/mol. The van der Waals surface area contributed by atoms with E-state index in [-0.39, 0.29) is 22.3 Å². The van der Waals surface area contributed by atoms with Gasteiger partial charge in [0, 0.05) is 5.02 Å². The van der Waals surface area contributed by atoms with E-state index in [4.69, 9.17) is 11.6 Å². The lowest BCUT2D eigenvalue weighted by atomic mass is 10.1. The quantitative estimate of drug-likeness (QED) is 0.883. The SMILES string of the molecule is O=c1[nH]c(C2CCCCS2)nc(O)c1-c1ccc(Cl)cc1. The molecule has 1 aliphatic rings. The second-order valence-electron chi connectivity index (χ2n) is 5.01. The van der Waals surface area contributed by atoms with Crippen LogP contribution in [-0.4, -0.2) is 20.8 Å². The first-order valence-electron chi connectivity index (χ1n) is 6.86. The lowest BCUT2D eigenvalue weighted by Crippen LogP contribution is -2.17. The lowest BCUT2D eigenvalue weighted by molar-refractivity contribution is 0.448. The normalized spacial score (nSPS) is 18.6. The third kappa shape index (κ3) is 3.09. The van der Waals surface area contributed by atoms with Crippen LogP contribution in [0, 0.1) is 0 Å². The first kappa shape index (κ1) is 14.5. The summed E-state index contributed by atoms with van der Waals surface area (Å²) in [7, 11) is 0. The zero-order valence-corrected chi connectivity index (χ0v) is 12.9. The van der Waals surface area contributed by atoms with E-state index in [2.05, 4.69) is 9.97 Å². The smallest absolute Gasteiger partial charge is 0.262 e. The Morgan fingerprint density at radius 1 is 1.29 bits per heavy atom. The van der Waals surface area contributed by atoms with Gasteiger partial charge in [-0.2, -0.15) is 16.7 Å². The molecule has 0 aliphatic carbocycles. The number of aromatic amines is 1. The molecular formula is C15H15ClN2O2S. The van der Waals surface area contributed by atoms with E-state index in [0.29, 0.717) is 16.4 Å². The zero-order valence-electron chi connectivity index (χ0n) is 11.3. The number of nitrogens with one attached hydrogen (secondary N) is 1. The second-order valence-corrected chi connectivity index (χ2v) is 6.76. The van der Waals surface area contributed by atoms with Gasteiger partial charge in [0.05, 0.1) is 5.25 Å². The molecule has 1 saturated heterocycles. The molecule has 1 unspecified atom stereocenters. The number of benzene rings is 1. The van der Waals surface area contributed by atoms with Gasteiger partial charge in [0.15, 0.2) is 0 Å². The summed E-state index contributed by atoms with van der Waals surface area (Å²) in [6, 6.07) is 6.76. The van der Waals surface area contributed by atoms with Gasteiger partial charge < -0.3 is 10.1 Å². The molecular weight excluding hydrogens is 308 g/mol.